The van der Waals surface area contributed by atoms with Gasteiger partial charge in [-0.3, -0.25) is 0 Å². The van der Waals surface area contributed by atoms with Gasteiger partial charge in [-0.2, -0.15) is 0 Å². The van der Waals surface area contributed by atoms with E-state index >= 15 is 0 Å². The summed E-state index contributed by atoms with van der Waals surface area (Å²) in [6.45, 7) is 2.02. The summed E-state index contributed by atoms with van der Waals surface area (Å²) in [7, 11) is -3.54. The number of sulfonamides is 1. The average Bonchev–Trinajstić information content (AvgIpc) is 3.13. The van der Waals surface area contributed by atoms with Gasteiger partial charge >= 0.3 is 0 Å². The van der Waals surface area contributed by atoms with Crippen molar-refractivity contribution in [1.29, 1.82) is 0 Å². The number of halogens is 1. The third kappa shape index (κ3) is 2.85. The Labute approximate surface area is 113 Å². The molecule has 0 aliphatic heterocycles. The quantitative estimate of drug-likeness (QED) is 0.865. The highest BCUT2D eigenvalue weighted by Crippen LogP contribution is 2.33. The topological polar surface area (TPSA) is 72.2 Å². The number of hydrogen-bond donors (Lipinski definition) is 2. The van der Waals surface area contributed by atoms with Gasteiger partial charge in [0.15, 0.2) is 0 Å². The fourth-order valence-corrected chi connectivity index (χ4v) is 3.79. The van der Waals surface area contributed by atoms with Gasteiger partial charge in [-0.15, -0.1) is 0 Å². The Bertz CT molecular complexity index is 541. The van der Waals surface area contributed by atoms with Crippen LogP contribution in [0.3, 0.4) is 0 Å². The van der Waals surface area contributed by atoms with E-state index in [0.717, 1.165) is 12.8 Å². The van der Waals surface area contributed by atoms with E-state index in [-0.39, 0.29) is 10.9 Å². The monoisotopic (exact) mass is 288 g/mol. The van der Waals surface area contributed by atoms with Crippen LogP contribution in [0.5, 0.6) is 0 Å². The van der Waals surface area contributed by atoms with Crippen LogP contribution < -0.4 is 10.5 Å². The number of nitrogens with two attached hydrogens (primary N) is 1. The minimum absolute atomic E-state index is 0.173. The van der Waals surface area contributed by atoms with Crippen LogP contribution in [0, 0.1) is 12.8 Å². The second-order valence-electron chi connectivity index (χ2n) is 4.66. The average molecular weight is 289 g/mol. The van der Waals surface area contributed by atoms with E-state index in [1.54, 1.807) is 25.1 Å². The SMILES string of the molecule is Cc1c(Cl)cccc1S(=O)(=O)NC(CN)C1CC1. The Hall–Kier alpha value is -0.620. The summed E-state index contributed by atoms with van der Waals surface area (Å²) >= 11 is 5.95. The van der Waals surface area contributed by atoms with E-state index in [9.17, 15) is 8.42 Å². The fraction of sp³-hybridized carbons (Fsp3) is 0.500. The summed E-state index contributed by atoms with van der Waals surface area (Å²) in [4.78, 5) is 0.231. The molecule has 4 nitrogen and oxygen atoms in total. The molecule has 1 atom stereocenters. The van der Waals surface area contributed by atoms with Gasteiger partial charge in [0.2, 0.25) is 10.0 Å². The van der Waals surface area contributed by atoms with E-state index in [1.165, 1.54) is 0 Å². The molecule has 0 bridgehead atoms. The van der Waals surface area contributed by atoms with Crippen molar-refractivity contribution in [1.82, 2.24) is 4.72 Å². The van der Waals surface area contributed by atoms with Crippen molar-refractivity contribution in [2.75, 3.05) is 6.54 Å². The molecule has 100 valence electrons. The number of rotatable bonds is 5. The summed E-state index contributed by atoms with van der Waals surface area (Å²) in [5, 5.41) is 0.452. The first-order valence-corrected chi connectivity index (χ1v) is 7.79. The molecular weight excluding hydrogens is 272 g/mol. The second kappa shape index (κ2) is 5.17. The van der Waals surface area contributed by atoms with Crippen molar-refractivity contribution in [2.45, 2.75) is 30.7 Å². The molecule has 18 heavy (non-hydrogen) atoms. The predicted molar refractivity (Wildman–Crippen MR) is 72.1 cm³/mol. The maximum Gasteiger partial charge on any atom is 0.241 e. The fourth-order valence-electron chi connectivity index (χ4n) is 1.98. The highest BCUT2D eigenvalue weighted by molar-refractivity contribution is 7.89. The van der Waals surface area contributed by atoms with Crippen LogP contribution in [0.2, 0.25) is 5.02 Å². The molecule has 3 N–H and O–H groups in total. The minimum Gasteiger partial charge on any atom is -0.329 e. The normalized spacial score (nSPS) is 17.7. The molecule has 0 heterocycles. The van der Waals surface area contributed by atoms with Crippen LogP contribution in [0.25, 0.3) is 0 Å². The molecule has 1 aliphatic carbocycles. The van der Waals surface area contributed by atoms with Crippen LogP contribution in [0.1, 0.15) is 18.4 Å². The van der Waals surface area contributed by atoms with Gasteiger partial charge in [0.1, 0.15) is 0 Å². The Morgan fingerprint density at radius 3 is 2.72 bits per heavy atom. The summed E-state index contributed by atoms with van der Waals surface area (Å²) < 4.78 is 27.2. The van der Waals surface area contributed by atoms with Crippen molar-refractivity contribution >= 4 is 21.6 Å². The lowest BCUT2D eigenvalue weighted by molar-refractivity contribution is 0.519. The van der Waals surface area contributed by atoms with E-state index < -0.39 is 10.0 Å². The van der Waals surface area contributed by atoms with Crippen LogP contribution >= 0.6 is 11.6 Å². The van der Waals surface area contributed by atoms with Crippen molar-refractivity contribution in [3.05, 3.63) is 28.8 Å². The zero-order valence-corrected chi connectivity index (χ0v) is 11.8. The van der Waals surface area contributed by atoms with E-state index in [1.807, 2.05) is 0 Å². The first kappa shape index (κ1) is 13.8. The smallest absolute Gasteiger partial charge is 0.241 e. The van der Waals surface area contributed by atoms with Crippen molar-refractivity contribution in [2.24, 2.45) is 11.7 Å². The highest BCUT2D eigenvalue weighted by atomic mass is 35.5. The number of hydrogen-bond acceptors (Lipinski definition) is 3. The molecule has 2 rings (SSSR count). The van der Waals surface area contributed by atoms with Gasteiger partial charge in [0.05, 0.1) is 4.90 Å². The molecule has 1 unspecified atom stereocenters. The lowest BCUT2D eigenvalue weighted by atomic mass is 10.2. The highest BCUT2D eigenvalue weighted by Gasteiger charge is 2.33. The Morgan fingerprint density at radius 2 is 2.17 bits per heavy atom. The molecule has 0 spiro atoms. The Kier molecular flexibility index (Phi) is 3.96. The summed E-state index contributed by atoms with van der Waals surface area (Å²) in [5.41, 5.74) is 6.18. The van der Waals surface area contributed by atoms with Gasteiger partial charge in [-0.1, -0.05) is 17.7 Å². The zero-order chi connectivity index (χ0) is 13.3. The molecule has 1 aromatic carbocycles. The third-order valence-corrected chi connectivity index (χ3v) is 5.30. The maximum absolute atomic E-state index is 12.3. The molecule has 0 saturated heterocycles. The van der Waals surface area contributed by atoms with Crippen molar-refractivity contribution in [3.8, 4) is 0 Å². The van der Waals surface area contributed by atoms with Crippen LogP contribution in [-0.4, -0.2) is 21.0 Å². The molecule has 0 amide bonds. The van der Waals surface area contributed by atoms with E-state index in [4.69, 9.17) is 17.3 Å². The molecular formula is C12H17ClN2O2S. The van der Waals surface area contributed by atoms with E-state index in [0.29, 0.717) is 23.0 Å². The largest absolute Gasteiger partial charge is 0.329 e. The molecule has 1 aromatic rings. The zero-order valence-electron chi connectivity index (χ0n) is 10.2. The number of nitrogens with one attached hydrogen (secondary N) is 1. The maximum atomic E-state index is 12.3. The van der Waals surface area contributed by atoms with Crippen molar-refractivity contribution in [3.63, 3.8) is 0 Å². The molecule has 1 fully saturated rings. The molecule has 0 aromatic heterocycles. The first-order valence-electron chi connectivity index (χ1n) is 5.93. The summed E-state index contributed by atoms with van der Waals surface area (Å²) in [5.74, 6) is 0.379. The predicted octanol–water partition coefficient (Wildman–Crippen LogP) is 1.66. The first-order chi connectivity index (χ1) is 8.45. The lowest BCUT2D eigenvalue weighted by Gasteiger charge is -2.17. The van der Waals surface area contributed by atoms with E-state index in [2.05, 4.69) is 4.72 Å². The Balaban J connectivity index is 2.27. The summed E-state index contributed by atoms with van der Waals surface area (Å²) in [6, 6.07) is 4.70. The van der Waals surface area contributed by atoms with Gasteiger partial charge in [-0.25, -0.2) is 13.1 Å². The second-order valence-corrected chi connectivity index (χ2v) is 6.75. The van der Waals surface area contributed by atoms with Gasteiger partial charge in [0.25, 0.3) is 0 Å². The molecule has 6 heteroatoms. The Morgan fingerprint density at radius 1 is 1.50 bits per heavy atom. The molecule has 0 radical (unpaired) electrons. The van der Waals surface area contributed by atoms with Crippen LogP contribution in [0.4, 0.5) is 0 Å². The minimum atomic E-state index is -3.54. The van der Waals surface area contributed by atoms with Crippen molar-refractivity contribution < 1.29 is 8.42 Å². The standard InChI is InChI=1S/C12H17ClN2O2S/c1-8-10(13)3-2-4-12(8)18(16,17)15-11(7-14)9-5-6-9/h2-4,9,11,15H,5-7,14H2,1H3. The number of benzene rings is 1. The summed E-state index contributed by atoms with van der Waals surface area (Å²) in [6.07, 6.45) is 2.08. The van der Waals surface area contributed by atoms with Gasteiger partial charge in [0, 0.05) is 17.6 Å². The van der Waals surface area contributed by atoms with Gasteiger partial charge < -0.3 is 5.73 Å². The molecule has 1 aliphatic rings. The van der Waals surface area contributed by atoms with Crippen LogP contribution in [-0.2, 0) is 10.0 Å². The third-order valence-electron chi connectivity index (χ3n) is 3.26. The van der Waals surface area contributed by atoms with Gasteiger partial charge in [-0.05, 0) is 43.4 Å². The molecule has 1 saturated carbocycles. The lowest BCUT2D eigenvalue weighted by Crippen LogP contribution is -2.41. The van der Waals surface area contributed by atoms with Crippen LogP contribution in [0.15, 0.2) is 23.1 Å².